The van der Waals surface area contributed by atoms with Gasteiger partial charge in [0.1, 0.15) is 0 Å². The molecule has 0 spiro atoms. The van der Waals surface area contributed by atoms with Crippen LogP contribution in [0, 0.1) is 5.92 Å². The third-order valence-corrected chi connectivity index (χ3v) is 5.16. The van der Waals surface area contributed by atoms with Crippen molar-refractivity contribution in [3.8, 4) is 0 Å². The molecule has 1 aliphatic heterocycles. The van der Waals surface area contributed by atoms with Crippen molar-refractivity contribution in [1.29, 1.82) is 0 Å². The monoisotopic (exact) mass is 424 g/mol. The first kappa shape index (κ1) is 21.2. The molecule has 3 rings (SSSR count). The quantitative estimate of drug-likeness (QED) is 0.772. The average molecular weight is 425 g/mol. The summed E-state index contributed by atoms with van der Waals surface area (Å²) in [7, 11) is 0. The van der Waals surface area contributed by atoms with E-state index in [-0.39, 0.29) is 30.7 Å². The molecule has 0 saturated carbocycles. The van der Waals surface area contributed by atoms with Crippen molar-refractivity contribution >= 4 is 23.4 Å². The summed E-state index contributed by atoms with van der Waals surface area (Å²) in [5, 5.41) is 3.37. The molecule has 1 N–H and O–H groups in total. The lowest BCUT2D eigenvalue weighted by atomic mass is 9.96. The Balaban J connectivity index is 1.55. The van der Waals surface area contributed by atoms with Crippen LogP contribution in [0.25, 0.3) is 0 Å². The zero-order valence-electron chi connectivity index (χ0n) is 15.5. The largest absolute Gasteiger partial charge is 0.416 e. The summed E-state index contributed by atoms with van der Waals surface area (Å²) in [5.74, 6) is -0.570. The molecule has 0 aromatic heterocycles. The standard InChI is InChI=1S/C21H20ClF3N2O2/c22-18-8-3-15(4-9-18)12-27-13-16(5-10-19(27)28)20(29)26-11-14-1-6-17(7-2-14)21(23,24)25/h1-4,6-9,16H,5,10-13H2,(H,26,29). The lowest BCUT2D eigenvalue weighted by Crippen LogP contribution is -2.45. The van der Waals surface area contributed by atoms with Crippen LogP contribution in [0.3, 0.4) is 0 Å². The van der Waals surface area contributed by atoms with Gasteiger partial charge in [0.2, 0.25) is 11.8 Å². The van der Waals surface area contributed by atoms with Gasteiger partial charge in [-0.1, -0.05) is 35.9 Å². The van der Waals surface area contributed by atoms with Crippen LogP contribution in [0.1, 0.15) is 29.5 Å². The van der Waals surface area contributed by atoms with E-state index >= 15 is 0 Å². The van der Waals surface area contributed by atoms with E-state index in [1.807, 2.05) is 12.1 Å². The molecule has 1 saturated heterocycles. The van der Waals surface area contributed by atoms with Crippen LogP contribution in [0.4, 0.5) is 13.2 Å². The third kappa shape index (κ3) is 5.73. The topological polar surface area (TPSA) is 49.4 Å². The molecule has 0 bridgehead atoms. The van der Waals surface area contributed by atoms with Gasteiger partial charge in [0.25, 0.3) is 0 Å². The molecule has 1 heterocycles. The van der Waals surface area contributed by atoms with Gasteiger partial charge in [0.05, 0.1) is 11.5 Å². The number of alkyl halides is 3. The van der Waals surface area contributed by atoms with Crippen LogP contribution in [-0.4, -0.2) is 23.3 Å². The van der Waals surface area contributed by atoms with Crippen molar-refractivity contribution < 1.29 is 22.8 Å². The van der Waals surface area contributed by atoms with Crippen molar-refractivity contribution in [2.24, 2.45) is 5.92 Å². The summed E-state index contributed by atoms with van der Waals surface area (Å²) in [6.07, 6.45) is -3.65. The Bertz CT molecular complexity index is 867. The second kappa shape index (κ2) is 8.86. The Morgan fingerprint density at radius 3 is 2.31 bits per heavy atom. The number of likely N-dealkylation sites (tertiary alicyclic amines) is 1. The van der Waals surface area contributed by atoms with Crippen LogP contribution >= 0.6 is 11.6 Å². The summed E-state index contributed by atoms with van der Waals surface area (Å²) in [6.45, 7) is 0.845. The number of rotatable bonds is 5. The van der Waals surface area contributed by atoms with E-state index in [1.165, 1.54) is 12.1 Å². The molecule has 1 unspecified atom stereocenters. The van der Waals surface area contributed by atoms with Gasteiger partial charge in [-0.15, -0.1) is 0 Å². The maximum absolute atomic E-state index is 12.6. The van der Waals surface area contributed by atoms with Gasteiger partial charge in [-0.2, -0.15) is 13.2 Å². The fourth-order valence-corrected chi connectivity index (χ4v) is 3.36. The first-order valence-electron chi connectivity index (χ1n) is 9.18. The molecule has 1 aliphatic rings. The SMILES string of the molecule is O=C(NCc1ccc(C(F)(F)F)cc1)C1CCC(=O)N(Cc2ccc(Cl)cc2)C1. The zero-order chi connectivity index (χ0) is 21.0. The summed E-state index contributed by atoms with van der Waals surface area (Å²) >= 11 is 5.87. The molecule has 29 heavy (non-hydrogen) atoms. The van der Waals surface area contributed by atoms with E-state index < -0.39 is 11.7 Å². The highest BCUT2D eigenvalue weighted by Gasteiger charge is 2.31. The van der Waals surface area contributed by atoms with E-state index in [1.54, 1.807) is 17.0 Å². The van der Waals surface area contributed by atoms with Crippen molar-refractivity contribution in [1.82, 2.24) is 10.2 Å². The van der Waals surface area contributed by atoms with Crippen LogP contribution in [-0.2, 0) is 28.9 Å². The number of amides is 2. The first-order valence-corrected chi connectivity index (χ1v) is 9.56. The third-order valence-electron chi connectivity index (χ3n) is 4.91. The summed E-state index contributed by atoms with van der Waals surface area (Å²) < 4.78 is 37.8. The van der Waals surface area contributed by atoms with Crippen LogP contribution in [0.5, 0.6) is 0 Å². The van der Waals surface area contributed by atoms with Gasteiger partial charge in [0, 0.05) is 31.1 Å². The number of halogens is 4. The molecule has 1 fully saturated rings. The molecule has 2 aromatic rings. The van der Waals surface area contributed by atoms with Crippen molar-refractivity contribution in [3.05, 3.63) is 70.2 Å². The summed E-state index contributed by atoms with van der Waals surface area (Å²) in [5.41, 5.74) is 0.779. The number of nitrogens with one attached hydrogen (secondary N) is 1. The lowest BCUT2D eigenvalue weighted by molar-refractivity contribution is -0.139. The minimum atomic E-state index is -4.38. The van der Waals surface area contributed by atoms with E-state index in [4.69, 9.17) is 11.6 Å². The Morgan fingerprint density at radius 1 is 1.07 bits per heavy atom. The normalized spacial score (nSPS) is 17.3. The molecule has 0 aliphatic carbocycles. The minimum Gasteiger partial charge on any atom is -0.352 e. The minimum absolute atomic E-state index is 0.00765. The maximum atomic E-state index is 12.6. The second-order valence-corrected chi connectivity index (χ2v) is 7.49. The Morgan fingerprint density at radius 2 is 1.69 bits per heavy atom. The van der Waals surface area contributed by atoms with E-state index in [9.17, 15) is 22.8 Å². The van der Waals surface area contributed by atoms with E-state index in [0.717, 1.165) is 17.7 Å². The summed E-state index contributed by atoms with van der Waals surface area (Å²) in [4.78, 5) is 26.4. The molecular formula is C21H20ClF3N2O2. The number of carbonyl (C=O) groups is 2. The molecule has 4 nitrogen and oxygen atoms in total. The highest BCUT2D eigenvalue weighted by atomic mass is 35.5. The number of hydrogen-bond acceptors (Lipinski definition) is 2. The van der Waals surface area contributed by atoms with Crippen LogP contribution in [0.15, 0.2) is 48.5 Å². The van der Waals surface area contributed by atoms with Crippen molar-refractivity contribution in [2.75, 3.05) is 6.54 Å². The Kier molecular flexibility index (Phi) is 6.47. The van der Waals surface area contributed by atoms with Crippen molar-refractivity contribution in [2.45, 2.75) is 32.1 Å². The predicted octanol–water partition coefficient (Wildman–Crippen LogP) is 4.41. The average Bonchev–Trinajstić information content (AvgIpc) is 2.69. The summed E-state index contributed by atoms with van der Waals surface area (Å²) in [6, 6.07) is 11.9. The molecule has 0 radical (unpaired) electrons. The van der Waals surface area contributed by atoms with Gasteiger partial charge < -0.3 is 10.2 Å². The molecule has 2 amide bonds. The fourth-order valence-electron chi connectivity index (χ4n) is 3.24. The van der Waals surface area contributed by atoms with E-state index in [0.29, 0.717) is 30.1 Å². The molecule has 8 heteroatoms. The molecule has 1 atom stereocenters. The smallest absolute Gasteiger partial charge is 0.352 e. The maximum Gasteiger partial charge on any atom is 0.416 e. The molecule has 154 valence electrons. The number of carbonyl (C=O) groups excluding carboxylic acids is 2. The van der Waals surface area contributed by atoms with Gasteiger partial charge in [0.15, 0.2) is 0 Å². The van der Waals surface area contributed by atoms with Gasteiger partial charge in [-0.3, -0.25) is 9.59 Å². The first-order chi connectivity index (χ1) is 13.7. The zero-order valence-corrected chi connectivity index (χ0v) is 16.3. The van der Waals surface area contributed by atoms with E-state index in [2.05, 4.69) is 5.32 Å². The molecular weight excluding hydrogens is 405 g/mol. The Labute approximate surface area is 171 Å². The number of hydrogen-bond donors (Lipinski definition) is 1. The predicted molar refractivity (Wildman–Crippen MR) is 103 cm³/mol. The van der Waals surface area contributed by atoms with Gasteiger partial charge >= 0.3 is 6.18 Å². The number of nitrogens with zero attached hydrogens (tertiary/aromatic N) is 1. The number of piperidine rings is 1. The highest BCUT2D eigenvalue weighted by Crippen LogP contribution is 2.29. The lowest BCUT2D eigenvalue weighted by Gasteiger charge is -2.32. The highest BCUT2D eigenvalue weighted by molar-refractivity contribution is 6.30. The van der Waals surface area contributed by atoms with Crippen molar-refractivity contribution in [3.63, 3.8) is 0 Å². The van der Waals surface area contributed by atoms with Gasteiger partial charge in [-0.05, 0) is 41.8 Å². The van der Waals surface area contributed by atoms with Gasteiger partial charge in [-0.25, -0.2) is 0 Å². The fraction of sp³-hybridized carbons (Fsp3) is 0.333. The second-order valence-electron chi connectivity index (χ2n) is 7.05. The Hall–Kier alpha value is -2.54. The van der Waals surface area contributed by atoms with Crippen LogP contribution < -0.4 is 5.32 Å². The van der Waals surface area contributed by atoms with Crippen LogP contribution in [0.2, 0.25) is 5.02 Å². The molecule has 2 aromatic carbocycles. The number of benzene rings is 2.